The maximum Gasteiger partial charge on any atom is 0.269 e. The summed E-state index contributed by atoms with van der Waals surface area (Å²) in [5.74, 6) is 1.41. The van der Waals surface area contributed by atoms with Crippen molar-refractivity contribution < 1.29 is 14.1 Å². The van der Waals surface area contributed by atoms with E-state index in [9.17, 15) is 10.1 Å². The van der Waals surface area contributed by atoms with Crippen LogP contribution in [-0.2, 0) is 0 Å². The Morgan fingerprint density at radius 1 is 1.21 bits per heavy atom. The largest absolute Gasteiger partial charge is 0.491 e. The highest BCUT2D eigenvalue weighted by molar-refractivity contribution is 6.32. The van der Waals surface area contributed by atoms with Crippen LogP contribution in [0.15, 0.2) is 52.9 Å². The first-order valence-electron chi connectivity index (χ1n) is 8.61. The lowest BCUT2D eigenvalue weighted by atomic mass is 10.2. The van der Waals surface area contributed by atoms with Gasteiger partial charge in [-0.15, -0.1) is 10.2 Å². The predicted octanol–water partition coefficient (Wildman–Crippen LogP) is 4.37. The summed E-state index contributed by atoms with van der Waals surface area (Å²) >= 11 is 6.08. The van der Waals surface area contributed by atoms with Crippen molar-refractivity contribution in [3.05, 3.63) is 69.6 Å². The SMILES string of the molecule is C[C@H](c1nnc(-c2ccc([N+](=O)[O-])cc2)o1)N(C)CCOc1ccccc1Cl. The van der Waals surface area contributed by atoms with E-state index in [2.05, 4.69) is 10.2 Å². The number of hydrogen-bond donors (Lipinski definition) is 0. The molecular weight excluding hydrogens is 384 g/mol. The Morgan fingerprint density at radius 2 is 1.93 bits per heavy atom. The smallest absolute Gasteiger partial charge is 0.269 e. The zero-order valence-electron chi connectivity index (χ0n) is 15.4. The van der Waals surface area contributed by atoms with Crippen molar-refractivity contribution in [2.24, 2.45) is 0 Å². The Balaban J connectivity index is 1.59. The minimum Gasteiger partial charge on any atom is -0.491 e. The number of nitro groups is 1. The molecule has 0 fully saturated rings. The van der Waals surface area contributed by atoms with E-state index in [0.29, 0.717) is 41.3 Å². The number of nitro benzene ring substituents is 1. The van der Waals surface area contributed by atoms with E-state index in [1.165, 1.54) is 12.1 Å². The fourth-order valence-electron chi connectivity index (χ4n) is 2.49. The molecule has 28 heavy (non-hydrogen) atoms. The number of non-ortho nitro benzene ring substituents is 1. The fourth-order valence-corrected chi connectivity index (χ4v) is 2.68. The van der Waals surface area contributed by atoms with Gasteiger partial charge in [-0.1, -0.05) is 23.7 Å². The van der Waals surface area contributed by atoms with Crippen LogP contribution >= 0.6 is 11.6 Å². The van der Waals surface area contributed by atoms with Crippen molar-refractivity contribution in [3.63, 3.8) is 0 Å². The summed E-state index contributed by atoms with van der Waals surface area (Å²) < 4.78 is 11.4. The van der Waals surface area contributed by atoms with Gasteiger partial charge in [0, 0.05) is 24.2 Å². The topological polar surface area (TPSA) is 94.5 Å². The quantitative estimate of drug-likeness (QED) is 0.407. The van der Waals surface area contributed by atoms with Crippen LogP contribution in [0.1, 0.15) is 18.9 Å². The van der Waals surface area contributed by atoms with Gasteiger partial charge in [0.25, 0.3) is 5.69 Å². The van der Waals surface area contributed by atoms with Gasteiger partial charge in [-0.2, -0.15) is 0 Å². The van der Waals surface area contributed by atoms with Gasteiger partial charge >= 0.3 is 0 Å². The van der Waals surface area contributed by atoms with E-state index >= 15 is 0 Å². The monoisotopic (exact) mass is 402 g/mol. The third-order valence-electron chi connectivity index (χ3n) is 4.32. The molecule has 1 aromatic heterocycles. The lowest BCUT2D eigenvalue weighted by Crippen LogP contribution is -2.27. The predicted molar refractivity (Wildman–Crippen MR) is 104 cm³/mol. The molecule has 0 amide bonds. The van der Waals surface area contributed by atoms with E-state index in [1.807, 2.05) is 37.1 Å². The van der Waals surface area contributed by atoms with Crippen molar-refractivity contribution in [1.29, 1.82) is 0 Å². The van der Waals surface area contributed by atoms with Crippen LogP contribution in [0, 0.1) is 10.1 Å². The van der Waals surface area contributed by atoms with Gasteiger partial charge in [0.1, 0.15) is 12.4 Å². The number of benzene rings is 2. The van der Waals surface area contributed by atoms with Gasteiger partial charge in [0.2, 0.25) is 11.8 Å². The molecule has 0 bridgehead atoms. The minimum absolute atomic E-state index is 0.00936. The van der Waals surface area contributed by atoms with Crippen molar-refractivity contribution in [2.75, 3.05) is 20.2 Å². The molecule has 0 spiro atoms. The van der Waals surface area contributed by atoms with Crippen LogP contribution in [0.4, 0.5) is 5.69 Å². The van der Waals surface area contributed by atoms with Crippen LogP contribution < -0.4 is 4.74 Å². The molecule has 1 heterocycles. The highest BCUT2D eigenvalue weighted by Gasteiger charge is 2.19. The first kappa shape index (κ1) is 19.8. The summed E-state index contributed by atoms with van der Waals surface area (Å²) in [7, 11) is 1.93. The summed E-state index contributed by atoms with van der Waals surface area (Å²) in [6.07, 6.45) is 0. The van der Waals surface area contributed by atoms with Crippen molar-refractivity contribution in [3.8, 4) is 17.2 Å². The Morgan fingerprint density at radius 3 is 2.61 bits per heavy atom. The van der Waals surface area contributed by atoms with Crippen LogP contribution in [0.5, 0.6) is 5.75 Å². The first-order valence-corrected chi connectivity index (χ1v) is 8.99. The van der Waals surface area contributed by atoms with Crippen LogP contribution in [-0.4, -0.2) is 40.2 Å². The van der Waals surface area contributed by atoms with E-state index < -0.39 is 4.92 Å². The standard InChI is InChI=1S/C19H19ClN4O4/c1-13(23(2)11-12-27-17-6-4-3-5-16(17)20)18-21-22-19(28-18)14-7-9-15(10-8-14)24(25)26/h3-10,13H,11-12H2,1-2H3/t13-/m1/s1. The van der Waals surface area contributed by atoms with Gasteiger partial charge in [-0.25, -0.2) is 0 Å². The van der Waals surface area contributed by atoms with Gasteiger partial charge < -0.3 is 9.15 Å². The number of rotatable bonds is 8. The first-order chi connectivity index (χ1) is 13.5. The third-order valence-corrected chi connectivity index (χ3v) is 4.63. The Bertz CT molecular complexity index is 945. The molecular formula is C19H19ClN4O4. The average Bonchev–Trinajstić information content (AvgIpc) is 3.19. The number of likely N-dealkylation sites (N-methyl/N-ethyl adjacent to an activating group) is 1. The van der Waals surface area contributed by atoms with Gasteiger partial charge in [-0.05, 0) is 38.2 Å². The van der Waals surface area contributed by atoms with Gasteiger partial charge in [-0.3, -0.25) is 15.0 Å². The number of ether oxygens (including phenoxy) is 1. The second kappa shape index (κ2) is 8.81. The van der Waals surface area contributed by atoms with E-state index in [0.717, 1.165) is 0 Å². The highest BCUT2D eigenvalue weighted by Crippen LogP contribution is 2.25. The molecule has 3 rings (SSSR count). The van der Waals surface area contributed by atoms with Crippen LogP contribution in [0.3, 0.4) is 0 Å². The Labute approximate surface area is 166 Å². The Hall–Kier alpha value is -2.97. The molecule has 0 unspecified atom stereocenters. The Kier molecular flexibility index (Phi) is 6.23. The number of hydrogen-bond acceptors (Lipinski definition) is 7. The number of aromatic nitrogens is 2. The summed E-state index contributed by atoms with van der Waals surface area (Å²) in [5.41, 5.74) is 0.636. The molecule has 146 valence electrons. The normalized spacial score (nSPS) is 12.1. The lowest BCUT2D eigenvalue weighted by Gasteiger charge is -2.21. The summed E-state index contributed by atoms with van der Waals surface area (Å²) in [6, 6.07) is 13.2. The maximum atomic E-state index is 10.7. The number of halogens is 1. The van der Waals surface area contributed by atoms with Crippen molar-refractivity contribution in [2.45, 2.75) is 13.0 Å². The summed E-state index contributed by atoms with van der Waals surface area (Å²) in [6.45, 7) is 3.03. The number of para-hydroxylation sites is 1. The second-order valence-corrected chi connectivity index (χ2v) is 6.59. The maximum absolute atomic E-state index is 10.7. The lowest BCUT2D eigenvalue weighted by molar-refractivity contribution is -0.384. The zero-order valence-corrected chi connectivity index (χ0v) is 16.2. The molecule has 0 aliphatic carbocycles. The molecule has 9 heteroatoms. The highest BCUT2D eigenvalue weighted by atomic mass is 35.5. The minimum atomic E-state index is -0.454. The van der Waals surface area contributed by atoms with Gasteiger partial charge in [0.15, 0.2) is 0 Å². The molecule has 8 nitrogen and oxygen atoms in total. The third kappa shape index (κ3) is 4.65. The molecule has 0 N–H and O–H groups in total. The summed E-state index contributed by atoms with van der Waals surface area (Å²) in [5, 5.41) is 19.5. The van der Waals surface area contributed by atoms with Crippen LogP contribution in [0.25, 0.3) is 11.5 Å². The number of nitrogens with zero attached hydrogens (tertiary/aromatic N) is 4. The zero-order chi connectivity index (χ0) is 20.1. The molecule has 2 aromatic carbocycles. The molecule has 1 atom stereocenters. The second-order valence-electron chi connectivity index (χ2n) is 6.18. The molecule has 0 aliphatic heterocycles. The van der Waals surface area contributed by atoms with E-state index in [1.54, 1.807) is 18.2 Å². The summed E-state index contributed by atoms with van der Waals surface area (Å²) in [4.78, 5) is 12.3. The van der Waals surface area contributed by atoms with Crippen molar-refractivity contribution >= 4 is 17.3 Å². The molecule has 0 aliphatic rings. The van der Waals surface area contributed by atoms with E-state index in [-0.39, 0.29) is 11.7 Å². The molecule has 0 saturated heterocycles. The molecule has 0 radical (unpaired) electrons. The van der Waals surface area contributed by atoms with Gasteiger partial charge in [0.05, 0.1) is 16.0 Å². The van der Waals surface area contributed by atoms with Crippen LogP contribution in [0.2, 0.25) is 5.02 Å². The molecule has 3 aromatic rings. The van der Waals surface area contributed by atoms with Crippen molar-refractivity contribution in [1.82, 2.24) is 15.1 Å². The molecule has 0 saturated carbocycles. The van der Waals surface area contributed by atoms with E-state index in [4.69, 9.17) is 20.8 Å². The fraction of sp³-hybridized carbons (Fsp3) is 0.263. The average molecular weight is 403 g/mol.